The average Bonchev–Trinajstić information content (AvgIpc) is 3.02. The van der Waals surface area contributed by atoms with Gasteiger partial charge >= 0.3 is 0 Å². The Labute approximate surface area is 159 Å². The summed E-state index contributed by atoms with van der Waals surface area (Å²) in [4.78, 5) is 0. The van der Waals surface area contributed by atoms with Gasteiger partial charge in [0.05, 0.1) is 13.7 Å². The molecule has 26 heavy (non-hydrogen) atoms. The molecule has 0 amide bonds. The Morgan fingerprint density at radius 1 is 0.962 bits per heavy atom. The van der Waals surface area contributed by atoms with Crippen LogP contribution in [-0.2, 0) is 18.7 Å². The van der Waals surface area contributed by atoms with Gasteiger partial charge in [-0.15, -0.1) is 10.2 Å². The number of hydrogen-bond donors (Lipinski definition) is 0. The van der Waals surface area contributed by atoms with Gasteiger partial charge in [0.2, 0.25) is 0 Å². The van der Waals surface area contributed by atoms with Crippen molar-refractivity contribution >= 4 is 11.8 Å². The third-order valence-corrected chi connectivity index (χ3v) is 5.13. The first-order valence-electron chi connectivity index (χ1n) is 8.87. The summed E-state index contributed by atoms with van der Waals surface area (Å²) >= 11 is 1.73. The zero-order valence-corrected chi connectivity index (χ0v) is 16.4. The molecule has 0 N–H and O–H groups in total. The first-order valence-corrected chi connectivity index (χ1v) is 9.86. The lowest BCUT2D eigenvalue weighted by Gasteiger charge is -2.11. The highest BCUT2D eigenvalue weighted by Gasteiger charge is 2.14. The monoisotopic (exact) mass is 367 g/mol. The number of nitrogens with zero attached hydrogens (tertiary/aromatic N) is 3. The third kappa shape index (κ3) is 4.88. The fourth-order valence-electron chi connectivity index (χ4n) is 2.74. The minimum Gasteiger partial charge on any atom is -0.497 e. The minimum absolute atomic E-state index is 0.549. The number of rotatable bonds is 8. The van der Waals surface area contributed by atoms with Gasteiger partial charge in [-0.1, -0.05) is 68.1 Å². The molecule has 3 aromatic rings. The zero-order valence-electron chi connectivity index (χ0n) is 15.6. The van der Waals surface area contributed by atoms with Crippen molar-refractivity contribution in [2.24, 2.45) is 5.92 Å². The number of benzene rings is 2. The van der Waals surface area contributed by atoms with Crippen LogP contribution in [0.1, 0.15) is 30.8 Å². The van der Waals surface area contributed by atoms with E-state index in [9.17, 15) is 0 Å². The van der Waals surface area contributed by atoms with Crippen molar-refractivity contribution in [1.29, 1.82) is 0 Å². The molecule has 0 atom stereocenters. The van der Waals surface area contributed by atoms with Crippen LogP contribution >= 0.6 is 11.8 Å². The van der Waals surface area contributed by atoms with Crippen LogP contribution in [0.3, 0.4) is 0 Å². The molecule has 0 aliphatic carbocycles. The molecule has 0 radical (unpaired) electrons. The van der Waals surface area contributed by atoms with Crippen LogP contribution in [0.25, 0.3) is 0 Å². The van der Waals surface area contributed by atoms with Crippen molar-refractivity contribution in [2.45, 2.75) is 37.7 Å². The number of thioether (sulfide) groups is 1. The Hall–Kier alpha value is -2.27. The molecule has 4 nitrogen and oxygen atoms in total. The van der Waals surface area contributed by atoms with E-state index >= 15 is 0 Å². The molecule has 0 spiro atoms. The van der Waals surface area contributed by atoms with Gasteiger partial charge in [0.15, 0.2) is 5.16 Å². The van der Waals surface area contributed by atoms with Gasteiger partial charge in [-0.05, 0) is 29.2 Å². The molecule has 1 aromatic heterocycles. The van der Waals surface area contributed by atoms with Crippen molar-refractivity contribution in [2.75, 3.05) is 7.11 Å². The van der Waals surface area contributed by atoms with Crippen LogP contribution in [0.2, 0.25) is 0 Å². The van der Waals surface area contributed by atoms with Gasteiger partial charge in [0.25, 0.3) is 0 Å². The Morgan fingerprint density at radius 3 is 2.35 bits per heavy atom. The van der Waals surface area contributed by atoms with Crippen LogP contribution in [0.5, 0.6) is 5.75 Å². The van der Waals surface area contributed by atoms with Gasteiger partial charge in [0.1, 0.15) is 11.6 Å². The van der Waals surface area contributed by atoms with Crippen LogP contribution in [-0.4, -0.2) is 21.9 Å². The van der Waals surface area contributed by atoms with Crippen molar-refractivity contribution in [3.05, 3.63) is 71.5 Å². The second kappa shape index (κ2) is 8.90. The molecule has 0 unspecified atom stereocenters. The smallest absolute Gasteiger partial charge is 0.191 e. The summed E-state index contributed by atoms with van der Waals surface area (Å²) in [5.74, 6) is 3.35. The van der Waals surface area contributed by atoms with E-state index in [0.717, 1.165) is 35.4 Å². The normalized spacial score (nSPS) is 11.1. The number of aromatic nitrogens is 3. The average molecular weight is 368 g/mol. The fraction of sp³-hybridized carbons (Fsp3) is 0.333. The van der Waals surface area contributed by atoms with Crippen molar-refractivity contribution in [3.63, 3.8) is 0 Å². The molecular weight excluding hydrogens is 342 g/mol. The van der Waals surface area contributed by atoms with Crippen LogP contribution < -0.4 is 4.74 Å². The highest BCUT2D eigenvalue weighted by atomic mass is 32.2. The maximum atomic E-state index is 5.22. The second-order valence-corrected chi connectivity index (χ2v) is 7.65. The molecule has 0 saturated heterocycles. The van der Waals surface area contributed by atoms with Crippen LogP contribution in [0.4, 0.5) is 0 Å². The Kier molecular flexibility index (Phi) is 6.34. The third-order valence-electron chi connectivity index (χ3n) is 4.09. The molecule has 1 heterocycles. The molecule has 0 aliphatic rings. The number of methoxy groups -OCH3 is 1. The summed E-state index contributed by atoms with van der Waals surface area (Å²) in [6, 6.07) is 18.7. The van der Waals surface area contributed by atoms with Crippen molar-refractivity contribution in [1.82, 2.24) is 14.8 Å². The summed E-state index contributed by atoms with van der Waals surface area (Å²) in [6.07, 6.45) is 0.933. The van der Waals surface area contributed by atoms with E-state index in [-0.39, 0.29) is 0 Å². The molecule has 0 fully saturated rings. The zero-order chi connectivity index (χ0) is 18.4. The van der Waals surface area contributed by atoms with Gasteiger partial charge in [-0.3, -0.25) is 0 Å². The number of hydrogen-bond acceptors (Lipinski definition) is 4. The predicted octanol–water partition coefficient (Wildman–Crippen LogP) is 4.83. The van der Waals surface area contributed by atoms with E-state index in [4.69, 9.17) is 4.74 Å². The van der Waals surface area contributed by atoms with E-state index in [1.807, 2.05) is 18.2 Å². The molecular formula is C21H25N3OS. The topological polar surface area (TPSA) is 39.9 Å². The highest BCUT2D eigenvalue weighted by Crippen LogP contribution is 2.25. The SMILES string of the molecule is COc1ccc(CSc2nnc(CC(C)C)n2Cc2ccccc2)cc1. The Balaban J connectivity index is 1.77. The fourth-order valence-corrected chi connectivity index (χ4v) is 3.65. The quantitative estimate of drug-likeness (QED) is 0.535. The summed E-state index contributed by atoms with van der Waals surface area (Å²) < 4.78 is 7.48. The van der Waals surface area contributed by atoms with Gasteiger partial charge in [-0.25, -0.2) is 0 Å². The minimum atomic E-state index is 0.549. The molecule has 0 aliphatic heterocycles. The number of ether oxygens (including phenoxy) is 1. The molecule has 0 saturated carbocycles. The van der Waals surface area contributed by atoms with Crippen LogP contribution in [0.15, 0.2) is 59.8 Å². The van der Waals surface area contributed by atoms with Crippen LogP contribution in [0, 0.1) is 5.92 Å². The van der Waals surface area contributed by atoms with Gasteiger partial charge in [-0.2, -0.15) is 0 Å². The molecule has 2 aromatic carbocycles. The summed E-state index contributed by atoms with van der Waals surface area (Å²) in [5, 5.41) is 9.90. The second-order valence-electron chi connectivity index (χ2n) is 6.71. The predicted molar refractivity (Wildman–Crippen MR) is 107 cm³/mol. The first kappa shape index (κ1) is 18.5. The maximum absolute atomic E-state index is 5.22. The highest BCUT2D eigenvalue weighted by molar-refractivity contribution is 7.98. The lowest BCUT2D eigenvalue weighted by molar-refractivity contribution is 0.414. The van der Waals surface area contributed by atoms with Gasteiger partial charge in [0, 0.05) is 12.2 Å². The summed E-state index contributed by atoms with van der Waals surface area (Å²) in [5.41, 5.74) is 2.51. The maximum Gasteiger partial charge on any atom is 0.191 e. The Morgan fingerprint density at radius 2 is 1.69 bits per heavy atom. The first-order chi connectivity index (χ1) is 12.7. The lowest BCUT2D eigenvalue weighted by atomic mass is 10.1. The van der Waals surface area contributed by atoms with E-state index in [1.165, 1.54) is 11.1 Å². The summed E-state index contributed by atoms with van der Waals surface area (Å²) in [6.45, 7) is 5.23. The van der Waals surface area contributed by atoms with Crippen molar-refractivity contribution in [3.8, 4) is 5.75 Å². The molecule has 0 bridgehead atoms. The summed E-state index contributed by atoms with van der Waals surface area (Å²) in [7, 11) is 1.69. The molecule has 3 rings (SSSR count). The molecule has 5 heteroatoms. The van der Waals surface area contributed by atoms with Crippen molar-refractivity contribution < 1.29 is 4.74 Å². The van der Waals surface area contributed by atoms with E-state index in [2.05, 4.69) is 65.0 Å². The standard InChI is InChI=1S/C21H25N3OS/c1-16(2)13-20-22-23-21(24(20)14-17-7-5-4-6-8-17)26-15-18-9-11-19(25-3)12-10-18/h4-12,16H,13-15H2,1-3H3. The largest absolute Gasteiger partial charge is 0.497 e. The van der Waals surface area contributed by atoms with E-state index in [0.29, 0.717) is 5.92 Å². The lowest BCUT2D eigenvalue weighted by Crippen LogP contribution is -2.09. The van der Waals surface area contributed by atoms with E-state index < -0.39 is 0 Å². The van der Waals surface area contributed by atoms with E-state index in [1.54, 1.807) is 18.9 Å². The Bertz CT molecular complexity index is 813. The van der Waals surface area contributed by atoms with Gasteiger partial charge < -0.3 is 9.30 Å². The molecule has 136 valence electrons.